The summed E-state index contributed by atoms with van der Waals surface area (Å²) in [6, 6.07) is 0.539. The van der Waals surface area contributed by atoms with Crippen molar-refractivity contribution in [1.82, 2.24) is 20.4 Å². The first kappa shape index (κ1) is 22.9. The van der Waals surface area contributed by atoms with Crippen molar-refractivity contribution >= 4 is 29.9 Å². The van der Waals surface area contributed by atoms with Crippen LogP contribution in [-0.2, 0) is 4.74 Å². The van der Waals surface area contributed by atoms with Crippen molar-refractivity contribution in [3.63, 3.8) is 0 Å². The van der Waals surface area contributed by atoms with Crippen molar-refractivity contribution in [1.29, 1.82) is 0 Å². The first-order chi connectivity index (χ1) is 11.7. The van der Waals surface area contributed by atoms with E-state index in [9.17, 15) is 0 Å². The van der Waals surface area contributed by atoms with E-state index >= 15 is 0 Å². The quantitative estimate of drug-likeness (QED) is 0.259. The van der Waals surface area contributed by atoms with E-state index in [4.69, 9.17) is 4.74 Å². The van der Waals surface area contributed by atoms with Crippen molar-refractivity contribution < 1.29 is 4.74 Å². The molecule has 2 fully saturated rings. The van der Waals surface area contributed by atoms with Gasteiger partial charge in [-0.15, -0.1) is 24.0 Å². The normalized spacial score (nSPS) is 24.0. The number of likely N-dealkylation sites (N-methyl/N-ethyl adjacent to an activating group) is 2. The van der Waals surface area contributed by atoms with Crippen LogP contribution < -0.4 is 10.6 Å². The lowest BCUT2D eigenvalue weighted by molar-refractivity contribution is 0.0277. The van der Waals surface area contributed by atoms with Gasteiger partial charge in [0.2, 0.25) is 0 Å². The van der Waals surface area contributed by atoms with E-state index in [0.717, 1.165) is 51.7 Å². The van der Waals surface area contributed by atoms with E-state index in [2.05, 4.69) is 39.5 Å². The van der Waals surface area contributed by atoms with Gasteiger partial charge in [0.25, 0.3) is 0 Å². The second kappa shape index (κ2) is 13.1. The van der Waals surface area contributed by atoms with E-state index in [-0.39, 0.29) is 24.0 Å². The van der Waals surface area contributed by atoms with Crippen LogP contribution in [0.25, 0.3) is 0 Å². The summed E-state index contributed by atoms with van der Waals surface area (Å²) >= 11 is 0. The average molecular weight is 467 g/mol. The Labute approximate surface area is 171 Å². The summed E-state index contributed by atoms with van der Waals surface area (Å²) in [6.07, 6.45) is 8.10. The minimum Gasteiger partial charge on any atom is -0.378 e. The predicted molar refractivity (Wildman–Crippen MR) is 116 cm³/mol. The Balaban J connectivity index is 0.00000312. The molecular formula is C18H38IN5O. The molecule has 0 bridgehead atoms. The van der Waals surface area contributed by atoms with Gasteiger partial charge >= 0.3 is 0 Å². The number of hydrogen-bond donors (Lipinski definition) is 2. The van der Waals surface area contributed by atoms with E-state index in [0.29, 0.717) is 12.1 Å². The molecule has 6 nitrogen and oxygen atoms in total. The molecule has 25 heavy (non-hydrogen) atoms. The van der Waals surface area contributed by atoms with Gasteiger partial charge in [0, 0.05) is 52.4 Å². The summed E-state index contributed by atoms with van der Waals surface area (Å²) in [7, 11) is 6.24. The molecule has 0 amide bonds. The summed E-state index contributed by atoms with van der Waals surface area (Å²) in [4.78, 5) is 9.15. The SMILES string of the molecule is CN=C(NCCCOC1CCCCC1)NCC1CN(C)CCN1C.I. The number of aliphatic imine (C=N–C) groups is 1. The van der Waals surface area contributed by atoms with Crippen LogP contribution in [0.2, 0.25) is 0 Å². The fraction of sp³-hybridized carbons (Fsp3) is 0.944. The van der Waals surface area contributed by atoms with Gasteiger partial charge < -0.3 is 20.3 Å². The molecule has 0 aromatic rings. The number of nitrogens with zero attached hydrogens (tertiary/aromatic N) is 3. The molecule has 2 aliphatic rings. The first-order valence-electron chi connectivity index (χ1n) is 9.64. The molecule has 0 spiro atoms. The average Bonchev–Trinajstić information content (AvgIpc) is 2.61. The summed E-state index contributed by atoms with van der Waals surface area (Å²) < 4.78 is 5.97. The molecule has 1 aliphatic carbocycles. The predicted octanol–water partition coefficient (Wildman–Crippen LogP) is 1.75. The highest BCUT2D eigenvalue weighted by molar-refractivity contribution is 14.0. The summed E-state index contributed by atoms with van der Waals surface area (Å²) in [5, 5.41) is 6.86. The summed E-state index contributed by atoms with van der Waals surface area (Å²) in [5.74, 6) is 0.897. The smallest absolute Gasteiger partial charge is 0.191 e. The summed E-state index contributed by atoms with van der Waals surface area (Å²) in [5.41, 5.74) is 0. The standard InChI is InChI=1S/C18H37N5O.HI/c1-19-18(21-14-16-15-22(2)11-12-23(16)3)20-10-7-13-24-17-8-5-4-6-9-17;/h16-17H,4-15H2,1-3H3,(H2,19,20,21);1H. The number of ether oxygens (including phenoxy) is 1. The zero-order chi connectivity index (χ0) is 17.2. The Morgan fingerprint density at radius 3 is 2.60 bits per heavy atom. The lowest BCUT2D eigenvalue weighted by Gasteiger charge is -2.37. The molecule has 0 aromatic carbocycles. The van der Waals surface area contributed by atoms with E-state index < -0.39 is 0 Å². The second-order valence-electron chi connectivity index (χ2n) is 7.26. The van der Waals surface area contributed by atoms with Crippen LogP contribution in [0.15, 0.2) is 4.99 Å². The second-order valence-corrected chi connectivity index (χ2v) is 7.26. The Morgan fingerprint density at radius 1 is 1.12 bits per heavy atom. The van der Waals surface area contributed by atoms with E-state index in [1.807, 2.05) is 7.05 Å². The van der Waals surface area contributed by atoms with Crippen LogP contribution in [-0.4, -0.2) is 88.4 Å². The van der Waals surface area contributed by atoms with Crippen molar-refractivity contribution in [2.24, 2.45) is 4.99 Å². The van der Waals surface area contributed by atoms with Crippen molar-refractivity contribution in [2.75, 3.05) is 60.5 Å². The highest BCUT2D eigenvalue weighted by atomic mass is 127. The maximum absolute atomic E-state index is 5.97. The van der Waals surface area contributed by atoms with Gasteiger partial charge in [-0.05, 0) is 33.4 Å². The number of halogens is 1. The maximum atomic E-state index is 5.97. The number of hydrogen-bond acceptors (Lipinski definition) is 4. The molecule has 7 heteroatoms. The van der Waals surface area contributed by atoms with Crippen LogP contribution in [0.1, 0.15) is 38.5 Å². The number of guanidine groups is 1. The highest BCUT2D eigenvalue weighted by Crippen LogP contribution is 2.20. The Kier molecular flexibility index (Phi) is 12.0. The van der Waals surface area contributed by atoms with Gasteiger partial charge in [0.05, 0.1) is 6.10 Å². The lowest BCUT2D eigenvalue weighted by atomic mass is 9.98. The van der Waals surface area contributed by atoms with Crippen LogP contribution in [0.3, 0.4) is 0 Å². The van der Waals surface area contributed by atoms with Gasteiger partial charge in [0.15, 0.2) is 5.96 Å². The van der Waals surface area contributed by atoms with Crippen molar-refractivity contribution in [3.8, 4) is 0 Å². The van der Waals surface area contributed by atoms with Crippen molar-refractivity contribution in [3.05, 3.63) is 0 Å². The molecule has 1 unspecified atom stereocenters. The topological polar surface area (TPSA) is 52.1 Å². The molecule has 1 atom stereocenters. The highest BCUT2D eigenvalue weighted by Gasteiger charge is 2.22. The van der Waals surface area contributed by atoms with Crippen molar-refractivity contribution in [2.45, 2.75) is 50.7 Å². The minimum absolute atomic E-state index is 0. The first-order valence-corrected chi connectivity index (χ1v) is 9.64. The monoisotopic (exact) mass is 467 g/mol. The van der Waals surface area contributed by atoms with Crippen LogP contribution in [0.4, 0.5) is 0 Å². The van der Waals surface area contributed by atoms with E-state index in [1.165, 1.54) is 32.1 Å². The van der Waals surface area contributed by atoms with Gasteiger partial charge in [-0.25, -0.2) is 0 Å². The van der Waals surface area contributed by atoms with E-state index in [1.54, 1.807) is 0 Å². The van der Waals surface area contributed by atoms with Gasteiger partial charge in [0.1, 0.15) is 0 Å². The van der Waals surface area contributed by atoms with Gasteiger partial charge in [-0.1, -0.05) is 19.3 Å². The molecule has 1 heterocycles. The largest absolute Gasteiger partial charge is 0.378 e. The molecule has 0 radical (unpaired) electrons. The molecule has 148 valence electrons. The number of piperazine rings is 1. The Bertz CT molecular complexity index is 376. The molecule has 1 saturated heterocycles. The lowest BCUT2D eigenvalue weighted by Crippen LogP contribution is -2.55. The fourth-order valence-electron chi connectivity index (χ4n) is 3.52. The molecule has 2 N–H and O–H groups in total. The zero-order valence-corrected chi connectivity index (χ0v) is 18.6. The third-order valence-corrected chi connectivity index (χ3v) is 5.23. The molecule has 2 rings (SSSR count). The number of rotatable bonds is 7. The van der Waals surface area contributed by atoms with Crippen LogP contribution in [0, 0.1) is 0 Å². The maximum Gasteiger partial charge on any atom is 0.191 e. The summed E-state index contributed by atoms with van der Waals surface area (Å²) in [6.45, 7) is 6.08. The number of nitrogens with one attached hydrogen (secondary N) is 2. The van der Waals surface area contributed by atoms with Gasteiger partial charge in [-0.2, -0.15) is 0 Å². The zero-order valence-electron chi connectivity index (χ0n) is 16.3. The Morgan fingerprint density at radius 2 is 1.88 bits per heavy atom. The molecular weight excluding hydrogens is 429 g/mol. The van der Waals surface area contributed by atoms with Crippen LogP contribution >= 0.6 is 24.0 Å². The van der Waals surface area contributed by atoms with Gasteiger partial charge in [-0.3, -0.25) is 9.89 Å². The fourth-order valence-corrected chi connectivity index (χ4v) is 3.52. The minimum atomic E-state index is 0. The third-order valence-electron chi connectivity index (χ3n) is 5.23. The third kappa shape index (κ3) is 8.88. The Hall–Kier alpha value is -0.120. The molecule has 0 aromatic heterocycles. The molecule has 1 saturated carbocycles. The van der Waals surface area contributed by atoms with Crippen LogP contribution in [0.5, 0.6) is 0 Å². The molecule has 1 aliphatic heterocycles.